The maximum absolute atomic E-state index is 4.93. The van der Waals surface area contributed by atoms with Gasteiger partial charge in [-0.05, 0) is 60.2 Å². The Bertz CT molecular complexity index is 618. The predicted molar refractivity (Wildman–Crippen MR) is 91.3 cm³/mol. The van der Waals surface area contributed by atoms with E-state index in [0.717, 1.165) is 29.5 Å². The Morgan fingerprint density at radius 3 is 2.95 bits per heavy atom. The van der Waals surface area contributed by atoms with Crippen LogP contribution in [-0.2, 0) is 12.8 Å². The van der Waals surface area contributed by atoms with Crippen molar-refractivity contribution in [1.82, 2.24) is 9.78 Å². The van der Waals surface area contributed by atoms with Gasteiger partial charge in [0.1, 0.15) is 5.82 Å². The fraction of sp³-hybridized carbons (Fsp3) is 0.471. The van der Waals surface area contributed by atoms with Gasteiger partial charge in [0.25, 0.3) is 0 Å². The Morgan fingerprint density at radius 2 is 2.14 bits per heavy atom. The number of nitrogens with zero attached hydrogens (tertiary/aromatic N) is 2. The van der Waals surface area contributed by atoms with Crippen LogP contribution in [0.2, 0.25) is 0 Å². The number of aromatic nitrogens is 2. The van der Waals surface area contributed by atoms with Crippen molar-refractivity contribution in [2.24, 2.45) is 0 Å². The molecule has 0 saturated heterocycles. The maximum atomic E-state index is 4.93. The van der Waals surface area contributed by atoms with E-state index >= 15 is 0 Å². The summed E-state index contributed by atoms with van der Waals surface area (Å²) in [6.07, 6.45) is 7.13. The molecular weight excluding hydrogens is 326 g/mol. The molecule has 1 aliphatic heterocycles. The van der Waals surface area contributed by atoms with E-state index in [2.05, 4.69) is 51.1 Å². The topological polar surface area (TPSA) is 29.9 Å². The molecule has 0 fully saturated rings. The summed E-state index contributed by atoms with van der Waals surface area (Å²) in [7, 11) is 0. The quantitative estimate of drug-likeness (QED) is 0.866. The van der Waals surface area contributed by atoms with Crippen LogP contribution in [0.25, 0.3) is 5.69 Å². The molecule has 0 unspecified atom stereocenters. The van der Waals surface area contributed by atoms with E-state index in [0.29, 0.717) is 0 Å². The van der Waals surface area contributed by atoms with Crippen LogP contribution in [0.15, 0.2) is 28.7 Å². The first-order valence-electron chi connectivity index (χ1n) is 7.90. The lowest BCUT2D eigenvalue weighted by Gasteiger charge is -2.10. The molecule has 2 heterocycles. The van der Waals surface area contributed by atoms with E-state index < -0.39 is 0 Å². The van der Waals surface area contributed by atoms with E-state index in [1.54, 1.807) is 0 Å². The van der Waals surface area contributed by atoms with E-state index in [4.69, 9.17) is 5.10 Å². The number of nitrogens with one attached hydrogen (secondary N) is 1. The minimum atomic E-state index is 1.04. The summed E-state index contributed by atoms with van der Waals surface area (Å²) in [4.78, 5) is 0. The lowest BCUT2D eigenvalue weighted by molar-refractivity contribution is 0.727. The van der Waals surface area contributed by atoms with E-state index in [9.17, 15) is 0 Å². The van der Waals surface area contributed by atoms with Gasteiger partial charge < -0.3 is 5.32 Å². The lowest BCUT2D eigenvalue weighted by atomic mass is 10.1. The Hall–Kier alpha value is -1.29. The average molecular weight is 348 g/mol. The highest BCUT2D eigenvalue weighted by molar-refractivity contribution is 9.10. The van der Waals surface area contributed by atoms with Crippen LogP contribution in [0.1, 0.15) is 43.9 Å². The van der Waals surface area contributed by atoms with Crippen LogP contribution in [0.4, 0.5) is 5.82 Å². The molecule has 21 heavy (non-hydrogen) atoms. The van der Waals surface area contributed by atoms with Crippen LogP contribution in [0.3, 0.4) is 0 Å². The fourth-order valence-electron chi connectivity index (χ4n) is 2.92. The highest BCUT2D eigenvalue weighted by Gasteiger charge is 2.20. The number of anilines is 1. The van der Waals surface area contributed by atoms with Crippen molar-refractivity contribution in [2.75, 3.05) is 11.9 Å². The molecule has 3 nitrogen and oxygen atoms in total. The highest BCUT2D eigenvalue weighted by atomic mass is 79.9. The van der Waals surface area contributed by atoms with Crippen molar-refractivity contribution < 1.29 is 0 Å². The molecule has 3 rings (SSSR count). The van der Waals surface area contributed by atoms with E-state index in [-0.39, 0.29) is 0 Å². The number of hydrogen-bond donors (Lipinski definition) is 1. The van der Waals surface area contributed by atoms with Gasteiger partial charge >= 0.3 is 0 Å². The number of hydrogen-bond acceptors (Lipinski definition) is 2. The molecule has 1 N–H and O–H groups in total. The number of halogens is 1. The predicted octanol–water partition coefficient (Wildman–Crippen LogP) is 4.73. The van der Waals surface area contributed by atoms with E-state index in [1.165, 1.54) is 42.8 Å². The largest absolute Gasteiger partial charge is 0.370 e. The highest BCUT2D eigenvalue weighted by Crippen LogP contribution is 2.31. The molecule has 2 aromatic rings. The molecule has 0 saturated carbocycles. The zero-order chi connectivity index (χ0) is 14.7. The lowest BCUT2D eigenvalue weighted by Crippen LogP contribution is -2.07. The summed E-state index contributed by atoms with van der Waals surface area (Å²) in [5.41, 5.74) is 3.82. The Kier molecular flexibility index (Phi) is 4.63. The molecule has 112 valence electrons. The molecule has 1 aromatic heterocycles. The van der Waals surface area contributed by atoms with Crippen LogP contribution < -0.4 is 5.32 Å². The van der Waals surface area contributed by atoms with Gasteiger partial charge in [0.05, 0.1) is 11.4 Å². The smallest absolute Gasteiger partial charge is 0.133 e. The van der Waals surface area contributed by atoms with Crippen LogP contribution in [0, 0.1) is 0 Å². The van der Waals surface area contributed by atoms with Gasteiger partial charge in [-0.2, -0.15) is 5.10 Å². The van der Waals surface area contributed by atoms with Crippen molar-refractivity contribution in [3.05, 3.63) is 40.0 Å². The summed E-state index contributed by atoms with van der Waals surface area (Å²) >= 11 is 3.65. The van der Waals surface area contributed by atoms with Crippen LogP contribution in [0.5, 0.6) is 0 Å². The molecular formula is C17H22BrN3. The molecule has 1 aliphatic rings. The van der Waals surface area contributed by atoms with Crippen molar-refractivity contribution in [3.8, 4) is 5.69 Å². The van der Waals surface area contributed by atoms with Crippen LogP contribution in [-0.4, -0.2) is 16.3 Å². The van der Waals surface area contributed by atoms with Gasteiger partial charge in [0.15, 0.2) is 0 Å². The van der Waals surface area contributed by atoms with Crippen molar-refractivity contribution in [2.45, 2.75) is 45.4 Å². The first-order chi connectivity index (χ1) is 10.3. The second-order valence-electron chi connectivity index (χ2n) is 5.62. The zero-order valence-corrected chi connectivity index (χ0v) is 14.1. The second-order valence-corrected chi connectivity index (χ2v) is 6.48. The molecule has 0 bridgehead atoms. The van der Waals surface area contributed by atoms with Gasteiger partial charge in [-0.3, -0.25) is 0 Å². The maximum Gasteiger partial charge on any atom is 0.133 e. The first-order valence-corrected chi connectivity index (χ1v) is 8.70. The summed E-state index contributed by atoms with van der Waals surface area (Å²) in [6, 6.07) is 8.30. The molecule has 0 spiro atoms. The third-order valence-electron chi connectivity index (χ3n) is 4.06. The summed E-state index contributed by atoms with van der Waals surface area (Å²) in [5.74, 6) is 1.20. The minimum Gasteiger partial charge on any atom is -0.370 e. The van der Waals surface area contributed by atoms with E-state index in [1.807, 2.05) is 6.07 Å². The molecule has 0 radical (unpaired) electrons. The SMILES string of the molecule is CCCCc1nn(-c2ccccc2Br)c2c1CCCCN2. The molecule has 1 aromatic carbocycles. The number of rotatable bonds is 4. The van der Waals surface area contributed by atoms with Crippen LogP contribution >= 0.6 is 15.9 Å². The average Bonchev–Trinajstić information content (AvgIpc) is 2.68. The minimum absolute atomic E-state index is 1.04. The second kappa shape index (κ2) is 6.65. The number of unbranched alkanes of at least 4 members (excludes halogenated alkanes) is 1. The normalized spacial score (nSPS) is 14.4. The summed E-state index contributed by atoms with van der Waals surface area (Å²) in [6.45, 7) is 3.28. The van der Waals surface area contributed by atoms with Gasteiger partial charge in [0.2, 0.25) is 0 Å². The molecule has 4 heteroatoms. The molecule has 0 atom stereocenters. The van der Waals surface area contributed by atoms with Crippen molar-refractivity contribution in [1.29, 1.82) is 0 Å². The number of para-hydroxylation sites is 1. The number of fused-ring (bicyclic) bond motifs is 1. The molecule has 0 aliphatic carbocycles. The Morgan fingerprint density at radius 1 is 1.29 bits per heavy atom. The van der Waals surface area contributed by atoms with Crippen molar-refractivity contribution in [3.63, 3.8) is 0 Å². The zero-order valence-electron chi connectivity index (χ0n) is 12.5. The van der Waals surface area contributed by atoms with Gasteiger partial charge in [-0.25, -0.2) is 4.68 Å². The third kappa shape index (κ3) is 3.00. The van der Waals surface area contributed by atoms with Gasteiger partial charge in [0, 0.05) is 16.6 Å². The fourth-order valence-corrected chi connectivity index (χ4v) is 3.37. The Labute approximate surface area is 134 Å². The Balaban J connectivity index is 2.08. The summed E-state index contributed by atoms with van der Waals surface area (Å²) < 4.78 is 3.18. The monoisotopic (exact) mass is 347 g/mol. The number of aryl methyl sites for hydroxylation is 1. The summed E-state index contributed by atoms with van der Waals surface area (Å²) in [5, 5.41) is 8.52. The van der Waals surface area contributed by atoms with Gasteiger partial charge in [-0.1, -0.05) is 25.5 Å². The number of benzene rings is 1. The standard InChI is InChI=1S/C17H22BrN3/c1-2-3-10-15-13-8-6-7-12-19-17(13)21(20-15)16-11-5-4-9-14(16)18/h4-5,9,11,19H,2-3,6-8,10,12H2,1H3. The first kappa shape index (κ1) is 14.6. The molecule has 0 amide bonds. The van der Waals surface area contributed by atoms with Gasteiger partial charge in [-0.15, -0.1) is 0 Å². The van der Waals surface area contributed by atoms with Crippen molar-refractivity contribution >= 4 is 21.7 Å². The third-order valence-corrected chi connectivity index (χ3v) is 4.73.